The van der Waals surface area contributed by atoms with Crippen molar-refractivity contribution < 1.29 is 14.2 Å². The lowest BCUT2D eigenvalue weighted by Gasteiger charge is -2.32. The van der Waals surface area contributed by atoms with Crippen LogP contribution in [0.1, 0.15) is 77.7 Å². The third-order valence-electron chi connectivity index (χ3n) is 6.78. The predicted molar refractivity (Wildman–Crippen MR) is 163 cm³/mol. The van der Waals surface area contributed by atoms with Crippen LogP contribution in [0.15, 0.2) is 84.9 Å². The smallest absolute Gasteiger partial charge is 0.282 e. The second-order valence-electron chi connectivity index (χ2n) is 9.59. The van der Waals surface area contributed by atoms with E-state index >= 15 is 0 Å². The van der Waals surface area contributed by atoms with E-state index in [1.54, 1.807) is 0 Å². The van der Waals surface area contributed by atoms with Crippen LogP contribution in [-0.4, -0.2) is 25.8 Å². The normalized spacial score (nSPS) is 11.8. The topological polar surface area (TPSA) is 27.7 Å². The molecule has 0 aromatic heterocycles. The number of aryl methyl sites for hydroxylation is 1. The Morgan fingerprint density at radius 1 is 0.526 bits per heavy atom. The zero-order valence-corrected chi connectivity index (χ0v) is 24.6. The number of ether oxygens (including phenoxy) is 3. The average Bonchev–Trinajstić information content (AvgIpc) is 2.95. The fraction of sp³-hybridized carbons (Fsp3) is 0.471. The first kappa shape index (κ1) is 30.5. The highest BCUT2D eigenvalue weighted by atomic mass is 31.1. The van der Waals surface area contributed by atoms with Gasteiger partial charge >= 0.3 is 0 Å². The van der Waals surface area contributed by atoms with Crippen LogP contribution in [0.4, 0.5) is 0 Å². The molecule has 0 saturated carbocycles. The van der Waals surface area contributed by atoms with Crippen LogP contribution in [0.5, 0.6) is 0 Å². The molecule has 0 aliphatic carbocycles. The molecule has 0 unspecified atom stereocenters. The summed E-state index contributed by atoms with van der Waals surface area (Å²) in [5, 5.41) is 4.34. The Morgan fingerprint density at radius 2 is 0.974 bits per heavy atom. The van der Waals surface area contributed by atoms with E-state index in [-0.39, 0.29) is 0 Å². The van der Waals surface area contributed by atoms with Gasteiger partial charge in [0.05, 0.1) is 0 Å². The maximum absolute atomic E-state index is 5.85. The number of unbranched alkanes of at least 4 members (excludes halogenated alkanes) is 6. The predicted octanol–water partition coefficient (Wildman–Crippen LogP) is 7.87. The Kier molecular flexibility index (Phi) is 14.1. The minimum Gasteiger partial charge on any atom is -0.328 e. The highest BCUT2D eigenvalue weighted by Crippen LogP contribution is 2.34. The Balaban J connectivity index is 1.47. The Bertz CT molecular complexity index is 952. The van der Waals surface area contributed by atoms with E-state index in [4.69, 9.17) is 14.2 Å². The third-order valence-corrected chi connectivity index (χ3v) is 9.33. The standard InChI is InChI=1S/C34H47O3P/c1-4-35-34(36-5-2,37-6-3)29-21-11-9-7-8-10-14-22-30-23-19-20-28-33(30)38(31-24-15-12-16-25-31)32-26-17-13-18-27-32/h12-13,15-20,23-28H,4-11,14,21-22,29H2,1-3H3. The van der Waals surface area contributed by atoms with E-state index in [2.05, 4.69) is 84.9 Å². The Labute approximate surface area is 232 Å². The fourth-order valence-corrected chi connectivity index (χ4v) is 7.57. The van der Waals surface area contributed by atoms with Crippen LogP contribution in [0, 0.1) is 0 Å². The molecule has 0 heterocycles. The lowest BCUT2D eigenvalue weighted by molar-refractivity contribution is -0.380. The molecule has 3 aromatic rings. The van der Waals surface area contributed by atoms with Crippen LogP contribution in [0.25, 0.3) is 0 Å². The first-order valence-electron chi connectivity index (χ1n) is 14.6. The minimum absolute atomic E-state index is 0.550. The molecular formula is C34H47O3P. The van der Waals surface area contributed by atoms with Crippen molar-refractivity contribution in [2.45, 2.75) is 84.5 Å². The lowest BCUT2D eigenvalue weighted by atomic mass is 10.0. The minimum atomic E-state index is -0.857. The molecule has 0 saturated heterocycles. The molecular weight excluding hydrogens is 487 g/mol. The van der Waals surface area contributed by atoms with Crippen molar-refractivity contribution in [3.63, 3.8) is 0 Å². The first-order chi connectivity index (χ1) is 18.7. The van der Waals surface area contributed by atoms with Gasteiger partial charge in [-0.05, 0) is 69.4 Å². The fourth-order valence-electron chi connectivity index (χ4n) is 5.06. The van der Waals surface area contributed by atoms with Crippen molar-refractivity contribution in [2.75, 3.05) is 19.8 Å². The first-order valence-corrected chi connectivity index (χ1v) is 16.0. The van der Waals surface area contributed by atoms with Crippen molar-refractivity contribution in [2.24, 2.45) is 0 Å². The average molecular weight is 535 g/mol. The maximum atomic E-state index is 5.85. The molecule has 0 aliphatic rings. The summed E-state index contributed by atoms with van der Waals surface area (Å²) in [6.07, 6.45) is 10.6. The summed E-state index contributed by atoms with van der Waals surface area (Å²) < 4.78 is 17.6. The summed E-state index contributed by atoms with van der Waals surface area (Å²) in [5.74, 6) is -0.857. The maximum Gasteiger partial charge on any atom is 0.282 e. The van der Waals surface area contributed by atoms with Gasteiger partial charge in [0.2, 0.25) is 0 Å². The second kappa shape index (κ2) is 17.5. The van der Waals surface area contributed by atoms with E-state index in [9.17, 15) is 0 Å². The van der Waals surface area contributed by atoms with Gasteiger partial charge in [-0.1, -0.05) is 117 Å². The second-order valence-corrected chi connectivity index (χ2v) is 11.8. The van der Waals surface area contributed by atoms with Gasteiger partial charge in [0, 0.05) is 26.2 Å². The molecule has 0 spiro atoms. The largest absolute Gasteiger partial charge is 0.328 e. The van der Waals surface area contributed by atoms with Gasteiger partial charge in [-0.15, -0.1) is 0 Å². The molecule has 0 fully saturated rings. The van der Waals surface area contributed by atoms with Gasteiger partial charge in [-0.25, -0.2) is 0 Å². The van der Waals surface area contributed by atoms with Crippen LogP contribution >= 0.6 is 7.92 Å². The summed E-state index contributed by atoms with van der Waals surface area (Å²) >= 11 is 0. The molecule has 0 atom stereocenters. The van der Waals surface area contributed by atoms with E-state index in [0.29, 0.717) is 19.8 Å². The Morgan fingerprint density at radius 3 is 1.50 bits per heavy atom. The third kappa shape index (κ3) is 9.62. The summed E-state index contributed by atoms with van der Waals surface area (Å²) in [7, 11) is -0.550. The van der Waals surface area contributed by atoms with Crippen LogP contribution < -0.4 is 15.9 Å². The molecule has 0 amide bonds. The lowest BCUT2D eigenvalue weighted by Crippen LogP contribution is -2.39. The number of hydrogen-bond acceptors (Lipinski definition) is 3. The van der Waals surface area contributed by atoms with Crippen LogP contribution in [0.3, 0.4) is 0 Å². The van der Waals surface area contributed by atoms with E-state index in [0.717, 1.165) is 19.3 Å². The van der Waals surface area contributed by atoms with E-state index in [1.807, 2.05) is 20.8 Å². The summed E-state index contributed by atoms with van der Waals surface area (Å²) in [5.41, 5.74) is 1.51. The van der Waals surface area contributed by atoms with Crippen molar-refractivity contribution in [1.29, 1.82) is 0 Å². The molecule has 0 bridgehead atoms. The summed E-state index contributed by atoms with van der Waals surface area (Å²) in [6.45, 7) is 7.78. The molecule has 3 rings (SSSR count). The molecule has 206 valence electrons. The highest BCUT2D eigenvalue weighted by molar-refractivity contribution is 7.79. The highest BCUT2D eigenvalue weighted by Gasteiger charge is 2.31. The van der Waals surface area contributed by atoms with Crippen molar-refractivity contribution in [3.8, 4) is 0 Å². The monoisotopic (exact) mass is 534 g/mol. The zero-order chi connectivity index (χ0) is 26.9. The molecule has 4 heteroatoms. The quantitative estimate of drug-likeness (QED) is 0.0890. The van der Waals surface area contributed by atoms with Crippen LogP contribution in [-0.2, 0) is 20.6 Å². The summed E-state index contributed by atoms with van der Waals surface area (Å²) in [4.78, 5) is 0. The van der Waals surface area contributed by atoms with Gasteiger partial charge in [-0.3, -0.25) is 0 Å². The molecule has 38 heavy (non-hydrogen) atoms. The van der Waals surface area contributed by atoms with Crippen molar-refractivity contribution >= 4 is 23.8 Å². The number of rotatable bonds is 19. The van der Waals surface area contributed by atoms with Gasteiger partial charge in [0.15, 0.2) is 0 Å². The van der Waals surface area contributed by atoms with Crippen molar-refractivity contribution in [1.82, 2.24) is 0 Å². The molecule has 0 radical (unpaired) electrons. The molecule has 3 aromatic carbocycles. The van der Waals surface area contributed by atoms with Gasteiger partial charge in [-0.2, -0.15) is 0 Å². The van der Waals surface area contributed by atoms with E-state index in [1.165, 1.54) is 60.0 Å². The SMILES string of the molecule is CCOC(CCCCCCCCCc1ccccc1P(c1ccccc1)c1ccccc1)(OCC)OCC. The number of hydrogen-bond donors (Lipinski definition) is 0. The molecule has 3 nitrogen and oxygen atoms in total. The van der Waals surface area contributed by atoms with Gasteiger partial charge in [0.1, 0.15) is 0 Å². The molecule has 0 aliphatic heterocycles. The van der Waals surface area contributed by atoms with Crippen LogP contribution in [0.2, 0.25) is 0 Å². The van der Waals surface area contributed by atoms with Gasteiger partial charge < -0.3 is 14.2 Å². The van der Waals surface area contributed by atoms with Gasteiger partial charge in [0.25, 0.3) is 5.97 Å². The van der Waals surface area contributed by atoms with E-state index < -0.39 is 13.9 Å². The Hall–Kier alpha value is -2.03. The zero-order valence-electron chi connectivity index (χ0n) is 23.7. The van der Waals surface area contributed by atoms with Crippen molar-refractivity contribution in [3.05, 3.63) is 90.5 Å². The summed E-state index contributed by atoms with van der Waals surface area (Å²) in [6, 6.07) is 31.2. The molecule has 0 N–H and O–H groups in total. The number of benzene rings is 3.